The molecule has 128 valence electrons. The van der Waals surface area contributed by atoms with Crippen LogP contribution in [0.1, 0.15) is 25.8 Å². The molecule has 2 aromatic rings. The molecule has 1 aromatic heterocycles. The lowest BCUT2D eigenvalue weighted by Gasteiger charge is -2.21. The zero-order valence-corrected chi connectivity index (χ0v) is 15.4. The van der Waals surface area contributed by atoms with E-state index in [-0.39, 0.29) is 11.9 Å². The second-order valence-electron chi connectivity index (χ2n) is 5.90. The molecule has 0 bridgehead atoms. The van der Waals surface area contributed by atoms with Gasteiger partial charge in [0.05, 0.1) is 17.6 Å². The number of carbonyl (C=O) groups is 1. The Morgan fingerprint density at radius 1 is 1.46 bits per heavy atom. The van der Waals surface area contributed by atoms with Gasteiger partial charge in [0.1, 0.15) is 0 Å². The van der Waals surface area contributed by atoms with E-state index in [4.69, 9.17) is 0 Å². The highest BCUT2D eigenvalue weighted by molar-refractivity contribution is 7.92. The minimum Gasteiger partial charge on any atom is -0.302 e. The third-order valence-corrected chi connectivity index (χ3v) is 5.99. The second-order valence-corrected chi connectivity index (χ2v) is 8.61. The summed E-state index contributed by atoms with van der Waals surface area (Å²) in [5.74, 6) is -0.0672. The van der Waals surface area contributed by atoms with E-state index in [0.29, 0.717) is 18.0 Å². The van der Waals surface area contributed by atoms with Crippen LogP contribution in [0.15, 0.2) is 23.6 Å². The Morgan fingerprint density at radius 3 is 2.88 bits per heavy atom. The van der Waals surface area contributed by atoms with Crippen molar-refractivity contribution in [2.45, 2.75) is 32.7 Å². The van der Waals surface area contributed by atoms with Gasteiger partial charge in [-0.15, -0.1) is 11.3 Å². The van der Waals surface area contributed by atoms with E-state index in [0.717, 1.165) is 22.5 Å². The maximum atomic E-state index is 12.0. The number of nitrogens with one attached hydrogen (secondary N) is 1. The molecule has 1 aromatic carbocycles. The molecule has 3 rings (SSSR count). The summed E-state index contributed by atoms with van der Waals surface area (Å²) in [4.78, 5) is 15.9. The maximum absolute atomic E-state index is 12.0. The SMILES string of the molecule is CCC(=O)Nc1nc(-c2ccc3c(c2)C[C@H](C)N3S(C)(=O)=O)cs1. The predicted octanol–water partition coefficient (Wildman–Crippen LogP) is 2.87. The van der Waals surface area contributed by atoms with Gasteiger partial charge in [-0.1, -0.05) is 13.0 Å². The van der Waals surface area contributed by atoms with Crippen molar-refractivity contribution in [2.24, 2.45) is 0 Å². The third kappa shape index (κ3) is 3.16. The van der Waals surface area contributed by atoms with E-state index in [9.17, 15) is 13.2 Å². The van der Waals surface area contributed by atoms with Gasteiger partial charge < -0.3 is 5.32 Å². The van der Waals surface area contributed by atoms with Crippen LogP contribution in [0.2, 0.25) is 0 Å². The lowest BCUT2D eigenvalue weighted by atomic mass is 10.1. The maximum Gasteiger partial charge on any atom is 0.232 e. The number of carbonyl (C=O) groups excluding carboxylic acids is 1. The van der Waals surface area contributed by atoms with Crippen molar-refractivity contribution in [3.8, 4) is 11.3 Å². The van der Waals surface area contributed by atoms with E-state index in [1.54, 1.807) is 6.92 Å². The summed E-state index contributed by atoms with van der Waals surface area (Å²) in [6, 6.07) is 5.60. The molecule has 1 atom stereocenters. The number of nitrogens with zero attached hydrogens (tertiary/aromatic N) is 2. The standard InChI is InChI=1S/C16H19N3O3S2/c1-4-15(20)18-16-17-13(9-23-16)11-5-6-14-12(8-11)7-10(2)19(14)24(3,21)22/h5-6,8-10H,4,7H2,1-3H3,(H,17,18,20)/t10-/m0/s1. The molecule has 0 saturated carbocycles. The van der Waals surface area contributed by atoms with Crippen LogP contribution >= 0.6 is 11.3 Å². The second kappa shape index (κ2) is 6.18. The Bertz CT molecular complexity index is 890. The number of amides is 1. The first-order chi connectivity index (χ1) is 11.3. The van der Waals surface area contributed by atoms with Gasteiger partial charge in [-0.25, -0.2) is 13.4 Å². The minimum atomic E-state index is -3.28. The van der Waals surface area contributed by atoms with Gasteiger partial charge in [0.15, 0.2) is 5.13 Å². The van der Waals surface area contributed by atoms with Crippen LogP contribution in [0.25, 0.3) is 11.3 Å². The Hall–Kier alpha value is -1.93. The van der Waals surface area contributed by atoms with Gasteiger partial charge >= 0.3 is 0 Å². The Kier molecular flexibility index (Phi) is 4.35. The Morgan fingerprint density at radius 2 is 2.21 bits per heavy atom. The van der Waals surface area contributed by atoms with E-state index in [1.165, 1.54) is 21.9 Å². The normalized spacial score (nSPS) is 17.0. The number of fused-ring (bicyclic) bond motifs is 1. The van der Waals surface area contributed by atoms with Crippen molar-refractivity contribution < 1.29 is 13.2 Å². The van der Waals surface area contributed by atoms with Gasteiger partial charge in [-0.3, -0.25) is 9.10 Å². The van der Waals surface area contributed by atoms with Crippen LogP contribution in [0, 0.1) is 0 Å². The van der Waals surface area contributed by atoms with Crippen molar-refractivity contribution in [3.05, 3.63) is 29.1 Å². The van der Waals surface area contributed by atoms with Crippen molar-refractivity contribution in [1.29, 1.82) is 0 Å². The molecule has 0 saturated heterocycles. The molecule has 0 unspecified atom stereocenters. The third-order valence-electron chi connectivity index (χ3n) is 3.96. The Balaban J connectivity index is 1.91. The van der Waals surface area contributed by atoms with Crippen molar-refractivity contribution >= 4 is 38.1 Å². The molecule has 1 N–H and O–H groups in total. The molecule has 24 heavy (non-hydrogen) atoms. The molecule has 0 aliphatic carbocycles. The zero-order valence-electron chi connectivity index (χ0n) is 13.7. The van der Waals surface area contributed by atoms with Gasteiger partial charge in [-0.05, 0) is 31.0 Å². The smallest absolute Gasteiger partial charge is 0.232 e. The fourth-order valence-electron chi connectivity index (χ4n) is 2.94. The fourth-order valence-corrected chi connectivity index (χ4v) is 4.94. The van der Waals surface area contributed by atoms with E-state index in [1.807, 2.05) is 30.5 Å². The summed E-state index contributed by atoms with van der Waals surface area (Å²) in [7, 11) is -3.28. The highest BCUT2D eigenvalue weighted by atomic mass is 32.2. The molecule has 0 spiro atoms. The van der Waals surface area contributed by atoms with Crippen molar-refractivity contribution in [1.82, 2.24) is 4.98 Å². The molecule has 8 heteroatoms. The van der Waals surface area contributed by atoms with E-state index in [2.05, 4.69) is 10.3 Å². The number of thiazole rings is 1. The first-order valence-corrected chi connectivity index (χ1v) is 10.4. The van der Waals surface area contributed by atoms with Gasteiger partial charge in [0.25, 0.3) is 0 Å². The Labute approximate surface area is 145 Å². The first-order valence-electron chi connectivity index (χ1n) is 7.67. The average molecular weight is 365 g/mol. The lowest BCUT2D eigenvalue weighted by Crippen LogP contribution is -2.34. The summed E-state index contributed by atoms with van der Waals surface area (Å²) in [6.07, 6.45) is 2.32. The first kappa shape index (κ1) is 16.9. The van der Waals surface area contributed by atoms with Gasteiger partial charge in [-0.2, -0.15) is 0 Å². The quantitative estimate of drug-likeness (QED) is 0.903. The number of sulfonamides is 1. The number of hydrogen-bond donors (Lipinski definition) is 1. The molecule has 1 aliphatic heterocycles. The number of aromatic nitrogens is 1. The number of anilines is 2. The van der Waals surface area contributed by atoms with Crippen LogP contribution in [0.4, 0.5) is 10.8 Å². The molecule has 1 amide bonds. The topological polar surface area (TPSA) is 79.4 Å². The van der Waals surface area contributed by atoms with Crippen LogP contribution in [-0.4, -0.2) is 31.6 Å². The summed E-state index contributed by atoms with van der Waals surface area (Å²) < 4.78 is 25.4. The monoisotopic (exact) mass is 365 g/mol. The minimum absolute atomic E-state index is 0.0672. The lowest BCUT2D eigenvalue weighted by molar-refractivity contribution is -0.115. The molecule has 1 aliphatic rings. The van der Waals surface area contributed by atoms with Crippen LogP contribution in [0.3, 0.4) is 0 Å². The van der Waals surface area contributed by atoms with E-state index >= 15 is 0 Å². The molecule has 0 radical (unpaired) electrons. The number of rotatable bonds is 4. The summed E-state index contributed by atoms with van der Waals surface area (Å²) in [5, 5.41) is 5.21. The number of benzene rings is 1. The molecule has 2 heterocycles. The fraction of sp³-hybridized carbons (Fsp3) is 0.375. The summed E-state index contributed by atoms with van der Waals surface area (Å²) in [5.41, 5.74) is 3.44. The predicted molar refractivity (Wildman–Crippen MR) is 97.0 cm³/mol. The van der Waals surface area contributed by atoms with Gasteiger partial charge in [0.2, 0.25) is 15.9 Å². The molecule has 0 fully saturated rings. The summed E-state index contributed by atoms with van der Waals surface area (Å²) >= 11 is 1.38. The molecular weight excluding hydrogens is 346 g/mol. The van der Waals surface area contributed by atoms with Crippen LogP contribution < -0.4 is 9.62 Å². The number of hydrogen-bond acceptors (Lipinski definition) is 5. The average Bonchev–Trinajstić information content (AvgIpc) is 3.08. The van der Waals surface area contributed by atoms with Crippen molar-refractivity contribution in [3.63, 3.8) is 0 Å². The highest BCUT2D eigenvalue weighted by Gasteiger charge is 2.32. The van der Waals surface area contributed by atoms with Crippen LogP contribution in [-0.2, 0) is 21.2 Å². The highest BCUT2D eigenvalue weighted by Crippen LogP contribution is 2.37. The zero-order chi connectivity index (χ0) is 17.5. The largest absolute Gasteiger partial charge is 0.302 e. The molecular formula is C16H19N3O3S2. The molecule has 6 nitrogen and oxygen atoms in total. The summed E-state index contributed by atoms with van der Waals surface area (Å²) in [6.45, 7) is 3.70. The van der Waals surface area contributed by atoms with E-state index < -0.39 is 10.0 Å². The van der Waals surface area contributed by atoms with Crippen LogP contribution in [0.5, 0.6) is 0 Å². The van der Waals surface area contributed by atoms with Gasteiger partial charge in [0, 0.05) is 23.4 Å². The van der Waals surface area contributed by atoms with Crippen molar-refractivity contribution in [2.75, 3.05) is 15.9 Å².